The van der Waals surface area contributed by atoms with Gasteiger partial charge in [-0.2, -0.15) is 0 Å². The number of rotatable bonds is 7. The second-order valence-electron chi connectivity index (χ2n) is 7.58. The molecule has 1 aromatic rings. The Balaban J connectivity index is 1.52. The minimum absolute atomic E-state index is 0.0196. The summed E-state index contributed by atoms with van der Waals surface area (Å²) in [6.45, 7) is 8.54. The fraction of sp³-hybridized carbons (Fsp3) is 0.619. The molecule has 2 amide bonds. The summed E-state index contributed by atoms with van der Waals surface area (Å²) >= 11 is 0. The number of amides is 2. The zero-order valence-electron chi connectivity index (χ0n) is 16.2. The molecule has 1 aromatic carbocycles. The normalized spacial score (nSPS) is 20.6. The summed E-state index contributed by atoms with van der Waals surface area (Å²) in [5, 5.41) is 3.09. The number of carbonyl (C=O) groups excluding carboxylic acids is 2. The number of para-hydroxylation sites is 1. The minimum Gasteiger partial charge on any atom is -0.366 e. The van der Waals surface area contributed by atoms with Crippen LogP contribution in [0.1, 0.15) is 45.6 Å². The molecule has 0 bridgehead atoms. The topological polar surface area (TPSA) is 52.7 Å². The lowest BCUT2D eigenvalue weighted by atomic mass is 10.1. The molecule has 1 N–H and O–H groups in total. The molecule has 26 heavy (non-hydrogen) atoms. The predicted octanol–water partition coefficient (Wildman–Crippen LogP) is 2.59. The second-order valence-corrected chi connectivity index (χ2v) is 7.58. The van der Waals surface area contributed by atoms with E-state index in [0.29, 0.717) is 19.5 Å². The van der Waals surface area contributed by atoms with Crippen molar-refractivity contribution in [2.75, 3.05) is 24.5 Å². The number of hydrogen-bond donors (Lipinski definition) is 1. The van der Waals surface area contributed by atoms with Crippen LogP contribution in [0.3, 0.4) is 0 Å². The molecule has 0 aliphatic carbocycles. The average molecular weight is 357 g/mol. The number of benzene rings is 1. The lowest BCUT2D eigenvalue weighted by molar-refractivity contribution is -0.130. The molecule has 2 aliphatic heterocycles. The van der Waals surface area contributed by atoms with E-state index in [0.717, 1.165) is 25.8 Å². The van der Waals surface area contributed by atoms with Crippen LogP contribution in [0.25, 0.3) is 0 Å². The van der Waals surface area contributed by atoms with E-state index in [2.05, 4.69) is 55.3 Å². The molecule has 1 saturated heterocycles. The number of likely N-dealkylation sites (tertiary alicyclic amines) is 1. The van der Waals surface area contributed by atoms with Crippen LogP contribution in [-0.4, -0.2) is 48.4 Å². The lowest BCUT2D eigenvalue weighted by Gasteiger charge is -2.28. The third kappa shape index (κ3) is 3.71. The Hall–Kier alpha value is -2.04. The van der Waals surface area contributed by atoms with Crippen LogP contribution in [0.15, 0.2) is 24.3 Å². The van der Waals surface area contributed by atoms with Gasteiger partial charge in [0.15, 0.2) is 0 Å². The van der Waals surface area contributed by atoms with Crippen molar-refractivity contribution < 1.29 is 9.59 Å². The van der Waals surface area contributed by atoms with Crippen molar-refractivity contribution in [3.63, 3.8) is 0 Å². The number of hydrogen-bond acceptors (Lipinski definition) is 3. The van der Waals surface area contributed by atoms with Crippen molar-refractivity contribution in [3.8, 4) is 0 Å². The molecule has 0 spiro atoms. The van der Waals surface area contributed by atoms with Crippen molar-refractivity contribution in [2.45, 2.75) is 58.5 Å². The maximum absolute atomic E-state index is 12.6. The fourth-order valence-corrected chi connectivity index (χ4v) is 4.31. The number of fused-ring (bicyclic) bond motifs is 1. The lowest BCUT2D eigenvalue weighted by Crippen LogP contribution is -2.44. The number of carbonyl (C=O) groups is 2. The Bertz CT molecular complexity index is 656. The molecule has 3 rings (SSSR count). The molecule has 0 saturated carbocycles. The summed E-state index contributed by atoms with van der Waals surface area (Å²) in [4.78, 5) is 29.1. The van der Waals surface area contributed by atoms with Crippen LogP contribution in [0.2, 0.25) is 0 Å². The molecule has 0 radical (unpaired) electrons. The van der Waals surface area contributed by atoms with E-state index in [-0.39, 0.29) is 29.8 Å². The van der Waals surface area contributed by atoms with Gasteiger partial charge in [-0.3, -0.25) is 9.59 Å². The third-order valence-electron chi connectivity index (χ3n) is 5.94. The quantitative estimate of drug-likeness (QED) is 0.816. The van der Waals surface area contributed by atoms with Gasteiger partial charge in [-0.25, -0.2) is 0 Å². The Labute approximate surface area is 156 Å². The maximum atomic E-state index is 12.6. The zero-order valence-corrected chi connectivity index (χ0v) is 16.2. The summed E-state index contributed by atoms with van der Waals surface area (Å²) in [7, 11) is 0. The molecular weight excluding hydrogens is 326 g/mol. The van der Waals surface area contributed by atoms with E-state index in [4.69, 9.17) is 0 Å². The van der Waals surface area contributed by atoms with E-state index in [1.807, 2.05) is 4.90 Å². The van der Waals surface area contributed by atoms with Crippen LogP contribution in [0, 0.1) is 5.92 Å². The molecular formula is C21H31N3O2. The highest BCUT2D eigenvalue weighted by Crippen LogP contribution is 2.29. The van der Waals surface area contributed by atoms with Crippen molar-refractivity contribution >= 4 is 17.5 Å². The zero-order chi connectivity index (χ0) is 18.7. The van der Waals surface area contributed by atoms with Crippen LogP contribution in [0.4, 0.5) is 5.69 Å². The van der Waals surface area contributed by atoms with Gasteiger partial charge < -0.3 is 15.1 Å². The molecule has 2 unspecified atom stereocenters. The van der Waals surface area contributed by atoms with Gasteiger partial charge in [-0.1, -0.05) is 32.0 Å². The summed E-state index contributed by atoms with van der Waals surface area (Å²) in [6.07, 6.45) is 3.31. The Morgan fingerprint density at radius 2 is 1.96 bits per heavy atom. The predicted molar refractivity (Wildman–Crippen MR) is 104 cm³/mol. The number of anilines is 1. The molecule has 1 fully saturated rings. The van der Waals surface area contributed by atoms with Crippen LogP contribution in [-0.2, 0) is 16.0 Å². The monoisotopic (exact) mass is 357 g/mol. The van der Waals surface area contributed by atoms with Crippen LogP contribution in [0.5, 0.6) is 0 Å². The molecule has 142 valence electrons. The second kappa shape index (κ2) is 8.11. The average Bonchev–Trinajstić information content (AvgIpc) is 3.25. The Morgan fingerprint density at radius 1 is 1.23 bits per heavy atom. The number of nitrogens with one attached hydrogen (secondary N) is 1. The third-order valence-corrected chi connectivity index (χ3v) is 5.94. The molecule has 5 heteroatoms. The maximum Gasteiger partial charge on any atom is 0.225 e. The van der Waals surface area contributed by atoms with Gasteiger partial charge in [0.1, 0.15) is 0 Å². The first-order valence-corrected chi connectivity index (χ1v) is 9.96. The summed E-state index contributed by atoms with van der Waals surface area (Å²) in [5.41, 5.74) is 2.66. The van der Waals surface area contributed by atoms with Crippen molar-refractivity contribution in [2.24, 2.45) is 5.92 Å². The first kappa shape index (κ1) is 18.7. The van der Waals surface area contributed by atoms with Gasteiger partial charge in [0.05, 0.1) is 5.92 Å². The van der Waals surface area contributed by atoms with Gasteiger partial charge in [0, 0.05) is 43.8 Å². The summed E-state index contributed by atoms with van der Waals surface area (Å²) in [6, 6.07) is 8.99. The molecule has 5 nitrogen and oxygen atoms in total. The van der Waals surface area contributed by atoms with E-state index in [1.165, 1.54) is 11.3 Å². The van der Waals surface area contributed by atoms with Crippen molar-refractivity contribution in [1.82, 2.24) is 10.2 Å². The molecule has 2 atom stereocenters. The highest BCUT2D eigenvalue weighted by molar-refractivity contribution is 5.89. The van der Waals surface area contributed by atoms with Crippen LogP contribution >= 0.6 is 0 Å². The first-order valence-electron chi connectivity index (χ1n) is 9.96. The van der Waals surface area contributed by atoms with E-state index in [1.54, 1.807) is 0 Å². The van der Waals surface area contributed by atoms with Gasteiger partial charge >= 0.3 is 0 Å². The van der Waals surface area contributed by atoms with Gasteiger partial charge in [0.2, 0.25) is 11.8 Å². The molecule has 2 aliphatic rings. The highest BCUT2D eigenvalue weighted by Gasteiger charge is 2.37. The van der Waals surface area contributed by atoms with Gasteiger partial charge in [0.25, 0.3) is 0 Å². The minimum atomic E-state index is -0.207. The largest absolute Gasteiger partial charge is 0.366 e. The van der Waals surface area contributed by atoms with Gasteiger partial charge in [-0.05, 0) is 37.8 Å². The number of nitrogens with zero attached hydrogens (tertiary/aromatic N) is 2. The first-order chi connectivity index (χ1) is 12.5. The van der Waals surface area contributed by atoms with E-state index >= 15 is 0 Å². The highest BCUT2D eigenvalue weighted by atomic mass is 16.2. The fourth-order valence-electron chi connectivity index (χ4n) is 4.31. The van der Waals surface area contributed by atoms with Crippen molar-refractivity contribution in [3.05, 3.63) is 29.8 Å². The van der Waals surface area contributed by atoms with E-state index in [9.17, 15) is 9.59 Å². The standard InChI is InChI=1S/C21H31N3O2/c1-4-18(5-2)24-14-17(12-20(24)25)21(26)22-13-15(3)23-11-10-16-8-6-7-9-19(16)23/h6-9,15,17-18H,4-5,10-14H2,1-3H3,(H,22,26). The van der Waals surface area contributed by atoms with Crippen LogP contribution < -0.4 is 10.2 Å². The molecule has 2 heterocycles. The Kier molecular flexibility index (Phi) is 5.84. The van der Waals surface area contributed by atoms with Gasteiger partial charge in [-0.15, -0.1) is 0 Å². The molecule has 0 aromatic heterocycles. The Morgan fingerprint density at radius 3 is 2.69 bits per heavy atom. The SMILES string of the molecule is CCC(CC)N1CC(C(=O)NCC(C)N2CCc3ccccc32)CC1=O. The summed E-state index contributed by atoms with van der Waals surface area (Å²) < 4.78 is 0. The smallest absolute Gasteiger partial charge is 0.225 e. The summed E-state index contributed by atoms with van der Waals surface area (Å²) in [5.74, 6) is -0.0623. The van der Waals surface area contributed by atoms with Crippen molar-refractivity contribution in [1.29, 1.82) is 0 Å². The van der Waals surface area contributed by atoms with E-state index < -0.39 is 0 Å².